The number of nitrogens with one attached hydrogen (secondary N) is 1. The second-order valence-electron chi connectivity index (χ2n) is 4.09. The second kappa shape index (κ2) is 5.43. The quantitative estimate of drug-likeness (QED) is 0.716. The molecule has 3 N–H and O–H groups in total. The van der Waals surface area contributed by atoms with Crippen molar-refractivity contribution in [2.75, 3.05) is 5.32 Å². The zero-order chi connectivity index (χ0) is 13.8. The predicted octanol–water partition coefficient (Wildman–Crippen LogP) is 1.92. The molecule has 19 heavy (non-hydrogen) atoms. The number of carboxylic acid groups (broad SMARTS) is 1. The molecule has 0 aliphatic heterocycles. The van der Waals surface area contributed by atoms with E-state index in [0.717, 1.165) is 12.1 Å². The summed E-state index contributed by atoms with van der Waals surface area (Å²) in [7, 11) is 0. The highest BCUT2D eigenvalue weighted by atomic mass is 16.4. The molecule has 2 aromatic rings. The first-order valence-corrected chi connectivity index (χ1v) is 5.91. The van der Waals surface area contributed by atoms with Crippen LogP contribution in [-0.4, -0.2) is 26.0 Å². The van der Waals surface area contributed by atoms with Gasteiger partial charge in [-0.25, -0.2) is 4.79 Å². The van der Waals surface area contributed by atoms with E-state index in [1.165, 1.54) is 12.1 Å². The van der Waals surface area contributed by atoms with Crippen LogP contribution < -0.4 is 5.32 Å². The molecular weight excluding hydrogens is 246 g/mol. The van der Waals surface area contributed by atoms with Gasteiger partial charge in [-0.3, -0.25) is 4.68 Å². The number of carboxylic acids is 1. The minimum atomic E-state index is -1.15. The Labute approximate surface area is 110 Å². The molecule has 1 aromatic carbocycles. The van der Waals surface area contributed by atoms with Crippen LogP contribution in [0, 0.1) is 0 Å². The molecule has 0 bridgehead atoms. The van der Waals surface area contributed by atoms with E-state index in [1.807, 2.05) is 17.8 Å². The van der Waals surface area contributed by atoms with Crippen LogP contribution in [0.2, 0.25) is 0 Å². The third kappa shape index (κ3) is 3.04. The van der Waals surface area contributed by atoms with E-state index in [2.05, 4.69) is 10.4 Å². The highest BCUT2D eigenvalue weighted by molar-refractivity contribution is 5.91. The lowest BCUT2D eigenvalue weighted by Crippen LogP contribution is -2.02. The molecule has 0 atom stereocenters. The maximum atomic E-state index is 10.9. The average Bonchev–Trinajstić information content (AvgIpc) is 2.85. The van der Waals surface area contributed by atoms with E-state index >= 15 is 0 Å². The van der Waals surface area contributed by atoms with E-state index in [1.54, 1.807) is 12.3 Å². The van der Waals surface area contributed by atoms with Crippen molar-refractivity contribution in [2.45, 2.75) is 20.0 Å². The van der Waals surface area contributed by atoms with Crippen molar-refractivity contribution in [1.82, 2.24) is 9.78 Å². The third-order valence-corrected chi connectivity index (χ3v) is 2.73. The number of anilines is 1. The van der Waals surface area contributed by atoms with E-state index in [4.69, 9.17) is 5.11 Å². The van der Waals surface area contributed by atoms with Crippen LogP contribution >= 0.6 is 0 Å². The number of aromatic nitrogens is 2. The van der Waals surface area contributed by atoms with E-state index in [-0.39, 0.29) is 11.3 Å². The van der Waals surface area contributed by atoms with Crippen LogP contribution in [0.1, 0.15) is 22.8 Å². The number of nitrogens with zero attached hydrogens (tertiary/aromatic N) is 2. The molecule has 100 valence electrons. The van der Waals surface area contributed by atoms with E-state index < -0.39 is 5.97 Å². The lowest BCUT2D eigenvalue weighted by atomic mass is 10.1. The zero-order valence-corrected chi connectivity index (χ0v) is 10.5. The standard InChI is InChI=1S/C13H15N3O3/c1-2-16-8-9(7-15-16)6-14-10-3-4-12(17)11(5-10)13(18)19/h3-5,7-8,14,17H,2,6H2,1H3,(H,18,19). The van der Waals surface area contributed by atoms with Crippen molar-refractivity contribution < 1.29 is 15.0 Å². The second-order valence-corrected chi connectivity index (χ2v) is 4.09. The fraction of sp³-hybridized carbons (Fsp3) is 0.231. The number of hydrogen-bond donors (Lipinski definition) is 3. The number of aromatic hydroxyl groups is 1. The minimum Gasteiger partial charge on any atom is -0.507 e. The molecule has 0 spiro atoms. The largest absolute Gasteiger partial charge is 0.507 e. The Morgan fingerprint density at radius 1 is 1.47 bits per heavy atom. The van der Waals surface area contributed by atoms with Gasteiger partial charge in [-0.2, -0.15) is 5.10 Å². The summed E-state index contributed by atoms with van der Waals surface area (Å²) in [5, 5.41) is 25.6. The van der Waals surface area contributed by atoms with Crippen molar-refractivity contribution in [3.63, 3.8) is 0 Å². The van der Waals surface area contributed by atoms with E-state index in [0.29, 0.717) is 12.2 Å². The summed E-state index contributed by atoms with van der Waals surface area (Å²) < 4.78 is 1.82. The topological polar surface area (TPSA) is 87.4 Å². The van der Waals surface area contributed by atoms with Crippen molar-refractivity contribution in [2.24, 2.45) is 0 Å². The van der Waals surface area contributed by atoms with Gasteiger partial charge in [0.05, 0.1) is 6.20 Å². The lowest BCUT2D eigenvalue weighted by molar-refractivity contribution is 0.0694. The van der Waals surface area contributed by atoms with Crippen molar-refractivity contribution in [3.8, 4) is 5.75 Å². The van der Waals surface area contributed by atoms with Crippen LogP contribution in [0.4, 0.5) is 5.69 Å². The summed E-state index contributed by atoms with van der Waals surface area (Å²) in [4.78, 5) is 10.9. The predicted molar refractivity (Wildman–Crippen MR) is 70.3 cm³/mol. The normalized spacial score (nSPS) is 10.4. The van der Waals surface area contributed by atoms with Gasteiger partial charge < -0.3 is 15.5 Å². The highest BCUT2D eigenvalue weighted by Crippen LogP contribution is 2.21. The summed E-state index contributed by atoms with van der Waals surface area (Å²) in [5.41, 5.74) is 1.53. The first-order chi connectivity index (χ1) is 9.10. The molecule has 0 unspecified atom stereocenters. The van der Waals surface area contributed by atoms with Gasteiger partial charge in [0.1, 0.15) is 11.3 Å². The van der Waals surface area contributed by atoms with E-state index in [9.17, 15) is 9.90 Å². The van der Waals surface area contributed by atoms with Crippen molar-refractivity contribution >= 4 is 11.7 Å². The summed E-state index contributed by atoms with van der Waals surface area (Å²) in [5.74, 6) is -1.39. The Hall–Kier alpha value is -2.50. The van der Waals surface area contributed by atoms with Crippen LogP contribution in [-0.2, 0) is 13.1 Å². The number of aryl methyl sites for hydroxylation is 1. The summed E-state index contributed by atoms with van der Waals surface area (Å²) in [6.45, 7) is 3.36. The fourth-order valence-corrected chi connectivity index (χ4v) is 1.69. The molecule has 0 radical (unpaired) electrons. The van der Waals surface area contributed by atoms with Gasteiger partial charge in [0, 0.05) is 30.5 Å². The molecule has 0 aliphatic rings. The lowest BCUT2D eigenvalue weighted by Gasteiger charge is -2.07. The maximum absolute atomic E-state index is 10.9. The summed E-state index contributed by atoms with van der Waals surface area (Å²) in [6.07, 6.45) is 3.68. The van der Waals surface area contributed by atoms with Crippen LogP contribution in [0.25, 0.3) is 0 Å². The fourth-order valence-electron chi connectivity index (χ4n) is 1.69. The van der Waals surface area contributed by atoms with Gasteiger partial charge in [0.2, 0.25) is 0 Å². The zero-order valence-electron chi connectivity index (χ0n) is 10.5. The monoisotopic (exact) mass is 261 g/mol. The molecule has 6 heteroatoms. The molecule has 0 aliphatic carbocycles. The number of hydrogen-bond acceptors (Lipinski definition) is 4. The first kappa shape index (κ1) is 12.9. The summed E-state index contributed by atoms with van der Waals surface area (Å²) in [6, 6.07) is 4.40. The Bertz CT molecular complexity index is 593. The minimum absolute atomic E-state index is 0.116. The van der Waals surface area contributed by atoms with Gasteiger partial charge in [-0.15, -0.1) is 0 Å². The SMILES string of the molecule is CCn1cc(CNc2ccc(O)c(C(=O)O)c2)cn1. The smallest absolute Gasteiger partial charge is 0.339 e. The molecule has 0 amide bonds. The van der Waals surface area contributed by atoms with Gasteiger partial charge >= 0.3 is 5.97 Å². The Morgan fingerprint density at radius 3 is 2.89 bits per heavy atom. The van der Waals surface area contributed by atoms with Gasteiger partial charge in [-0.1, -0.05) is 0 Å². The van der Waals surface area contributed by atoms with Crippen LogP contribution in [0.3, 0.4) is 0 Å². The molecule has 2 rings (SSSR count). The Kier molecular flexibility index (Phi) is 3.70. The number of rotatable bonds is 5. The number of aromatic carboxylic acids is 1. The first-order valence-electron chi connectivity index (χ1n) is 5.91. The van der Waals surface area contributed by atoms with Gasteiger partial charge in [0.15, 0.2) is 0 Å². The Morgan fingerprint density at radius 2 is 2.26 bits per heavy atom. The summed E-state index contributed by atoms with van der Waals surface area (Å²) >= 11 is 0. The highest BCUT2D eigenvalue weighted by Gasteiger charge is 2.10. The van der Waals surface area contributed by atoms with Crippen molar-refractivity contribution in [3.05, 3.63) is 41.7 Å². The number of benzene rings is 1. The van der Waals surface area contributed by atoms with Crippen LogP contribution in [0.15, 0.2) is 30.6 Å². The molecule has 6 nitrogen and oxygen atoms in total. The average molecular weight is 261 g/mol. The molecule has 1 aromatic heterocycles. The molecule has 0 fully saturated rings. The maximum Gasteiger partial charge on any atom is 0.339 e. The molecule has 0 saturated heterocycles. The van der Waals surface area contributed by atoms with Gasteiger partial charge in [-0.05, 0) is 25.1 Å². The van der Waals surface area contributed by atoms with Crippen LogP contribution in [0.5, 0.6) is 5.75 Å². The third-order valence-electron chi connectivity index (χ3n) is 2.73. The number of phenols is 1. The number of carbonyl (C=O) groups is 1. The Balaban J connectivity index is 2.07. The molecular formula is C13H15N3O3. The molecule has 1 heterocycles. The van der Waals surface area contributed by atoms with Crippen molar-refractivity contribution in [1.29, 1.82) is 0 Å². The molecule has 0 saturated carbocycles. The van der Waals surface area contributed by atoms with Gasteiger partial charge in [0.25, 0.3) is 0 Å².